The van der Waals surface area contributed by atoms with Crippen molar-refractivity contribution in [3.63, 3.8) is 0 Å². The fourth-order valence-corrected chi connectivity index (χ4v) is 3.17. The van der Waals surface area contributed by atoms with Crippen molar-refractivity contribution in [2.75, 3.05) is 20.7 Å². The first-order valence-electron chi connectivity index (χ1n) is 9.63. The Balaban J connectivity index is 2.52. The number of benzene rings is 2. The van der Waals surface area contributed by atoms with Crippen molar-refractivity contribution >= 4 is 17.6 Å². The largest absolute Gasteiger partial charge is 0.393 e. The quantitative estimate of drug-likeness (QED) is 0.134. The summed E-state index contributed by atoms with van der Waals surface area (Å²) in [5, 5.41) is 30.9. The van der Waals surface area contributed by atoms with E-state index in [-0.39, 0.29) is 16.3 Å². The summed E-state index contributed by atoms with van der Waals surface area (Å²) in [6.07, 6.45) is 4.62. The van der Waals surface area contributed by atoms with Gasteiger partial charge in [-0.1, -0.05) is 36.3 Å². The van der Waals surface area contributed by atoms with Gasteiger partial charge in [0.25, 0.3) is 5.91 Å². The number of hydrogen-bond acceptors (Lipinski definition) is 7. The molecular weight excluding hydrogens is 414 g/mol. The normalized spacial score (nSPS) is 13.4. The van der Waals surface area contributed by atoms with Crippen LogP contribution in [0.15, 0.2) is 42.5 Å². The number of amides is 2. The number of terminal acetylenes is 1. The molecule has 0 aliphatic heterocycles. The lowest BCUT2D eigenvalue weighted by atomic mass is 9.78. The highest BCUT2D eigenvalue weighted by atomic mass is 16.6. The van der Waals surface area contributed by atoms with Gasteiger partial charge in [0, 0.05) is 25.2 Å². The lowest BCUT2D eigenvalue weighted by molar-refractivity contribution is -0.186. The lowest BCUT2D eigenvalue weighted by Crippen LogP contribution is -2.56. The maximum absolute atomic E-state index is 13.3. The number of aliphatic hydroxyl groups excluding tert-OH is 2. The first-order valence-corrected chi connectivity index (χ1v) is 9.63. The first kappa shape index (κ1) is 24.7. The van der Waals surface area contributed by atoms with Gasteiger partial charge in [0.05, 0.1) is 6.61 Å². The SMILES string of the molecule is C#Cc1cc(-c2ccc([C@H](O)CO)cc2)ccc1C(=O)[C@@](C)(C(=O)NC)C(=O)N(O)NC. The summed E-state index contributed by atoms with van der Waals surface area (Å²) in [7, 11) is 2.52. The number of hydrazine groups is 1. The highest BCUT2D eigenvalue weighted by molar-refractivity contribution is 6.27. The maximum Gasteiger partial charge on any atom is 0.284 e. The van der Waals surface area contributed by atoms with Gasteiger partial charge in [0.15, 0.2) is 11.2 Å². The average Bonchev–Trinajstić information content (AvgIpc) is 2.85. The van der Waals surface area contributed by atoms with E-state index in [1.165, 1.54) is 20.2 Å². The smallest absolute Gasteiger partial charge is 0.284 e. The summed E-state index contributed by atoms with van der Waals surface area (Å²) in [6, 6.07) is 11.3. The number of Topliss-reactive ketones (excluding diaryl/α,β-unsaturated/α-hetero) is 1. The van der Waals surface area contributed by atoms with E-state index in [9.17, 15) is 24.7 Å². The monoisotopic (exact) mass is 439 g/mol. The second kappa shape index (κ2) is 10.2. The van der Waals surface area contributed by atoms with Crippen LogP contribution >= 0.6 is 0 Å². The molecule has 168 valence electrons. The van der Waals surface area contributed by atoms with Gasteiger partial charge in [0.1, 0.15) is 6.10 Å². The molecule has 0 radical (unpaired) electrons. The molecular formula is C23H25N3O6. The van der Waals surface area contributed by atoms with E-state index in [1.54, 1.807) is 36.4 Å². The number of nitrogens with one attached hydrogen (secondary N) is 2. The molecule has 0 aliphatic rings. The molecule has 2 aromatic carbocycles. The van der Waals surface area contributed by atoms with Crippen LogP contribution in [0.4, 0.5) is 0 Å². The van der Waals surface area contributed by atoms with Gasteiger partial charge in [-0.05, 0) is 35.7 Å². The maximum atomic E-state index is 13.3. The van der Waals surface area contributed by atoms with Gasteiger partial charge in [0.2, 0.25) is 5.91 Å². The Hall–Kier alpha value is -3.55. The summed E-state index contributed by atoms with van der Waals surface area (Å²) >= 11 is 0. The van der Waals surface area contributed by atoms with Gasteiger partial charge in [-0.2, -0.15) is 0 Å². The van der Waals surface area contributed by atoms with Gasteiger partial charge in [-0.3, -0.25) is 19.6 Å². The number of carbonyl (C=O) groups is 3. The molecule has 0 unspecified atom stereocenters. The Morgan fingerprint density at radius 2 is 1.72 bits per heavy atom. The number of hydroxylamine groups is 1. The average molecular weight is 439 g/mol. The molecule has 5 N–H and O–H groups in total. The molecule has 0 bridgehead atoms. The van der Waals surface area contributed by atoms with E-state index in [1.807, 2.05) is 0 Å². The third-order valence-corrected chi connectivity index (χ3v) is 5.19. The van der Waals surface area contributed by atoms with Crippen LogP contribution in [0.25, 0.3) is 11.1 Å². The molecule has 0 aliphatic carbocycles. The van der Waals surface area contributed by atoms with E-state index < -0.39 is 35.7 Å². The molecule has 2 aromatic rings. The van der Waals surface area contributed by atoms with E-state index >= 15 is 0 Å². The highest BCUT2D eigenvalue weighted by Gasteiger charge is 2.51. The summed E-state index contributed by atoms with van der Waals surface area (Å²) in [5.41, 5.74) is 1.94. The predicted molar refractivity (Wildman–Crippen MR) is 116 cm³/mol. The zero-order valence-electron chi connectivity index (χ0n) is 17.9. The van der Waals surface area contributed by atoms with Crippen LogP contribution in [0.2, 0.25) is 0 Å². The van der Waals surface area contributed by atoms with Crippen molar-refractivity contribution in [3.05, 3.63) is 59.2 Å². The minimum absolute atomic E-state index is 0.0347. The lowest BCUT2D eigenvalue weighted by Gasteiger charge is -2.28. The van der Waals surface area contributed by atoms with E-state index in [0.717, 1.165) is 12.5 Å². The highest BCUT2D eigenvalue weighted by Crippen LogP contribution is 2.30. The van der Waals surface area contributed by atoms with Crippen LogP contribution in [0.3, 0.4) is 0 Å². The first-order chi connectivity index (χ1) is 15.1. The predicted octanol–water partition coefficient (Wildman–Crippen LogP) is 0.648. The Morgan fingerprint density at radius 3 is 2.22 bits per heavy atom. The third-order valence-electron chi connectivity index (χ3n) is 5.19. The van der Waals surface area contributed by atoms with Crippen LogP contribution in [0.5, 0.6) is 0 Å². The summed E-state index contributed by atoms with van der Waals surface area (Å²) < 4.78 is 0. The third kappa shape index (κ3) is 4.54. The van der Waals surface area contributed by atoms with Crippen LogP contribution < -0.4 is 10.7 Å². The second-order valence-corrected chi connectivity index (χ2v) is 7.10. The van der Waals surface area contributed by atoms with Crippen LogP contribution in [0, 0.1) is 17.8 Å². The number of rotatable bonds is 8. The van der Waals surface area contributed by atoms with Crippen molar-refractivity contribution in [3.8, 4) is 23.5 Å². The number of aliphatic hydroxyl groups is 2. The fourth-order valence-electron chi connectivity index (χ4n) is 3.17. The zero-order chi connectivity index (χ0) is 24.1. The van der Waals surface area contributed by atoms with Gasteiger partial charge < -0.3 is 15.5 Å². The zero-order valence-corrected chi connectivity index (χ0v) is 17.9. The number of hydrogen-bond donors (Lipinski definition) is 5. The summed E-state index contributed by atoms with van der Waals surface area (Å²) in [5.74, 6) is -0.552. The van der Waals surface area contributed by atoms with Crippen LogP contribution in [0.1, 0.15) is 34.5 Å². The summed E-state index contributed by atoms with van der Waals surface area (Å²) in [6.45, 7) is 0.704. The summed E-state index contributed by atoms with van der Waals surface area (Å²) in [4.78, 5) is 38.5. The molecule has 0 fully saturated rings. The minimum atomic E-state index is -2.28. The Morgan fingerprint density at radius 1 is 1.12 bits per heavy atom. The second-order valence-electron chi connectivity index (χ2n) is 7.10. The number of nitrogens with zero attached hydrogens (tertiary/aromatic N) is 1. The molecule has 2 rings (SSSR count). The number of carbonyl (C=O) groups excluding carboxylic acids is 3. The molecule has 0 heterocycles. The Bertz CT molecular complexity index is 1060. The van der Waals surface area contributed by atoms with Gasteiger partial charge in [-0.15, -0.1) is 11.6 Å². The van der Waals surface area contributed by atoms with E-state index in [2.05, 4.69) is 16.7 Å². The van der Waals surface area contributed by atoms with Crippen LogP contribution in [-0.2, 0) is 9.59 Å². The molecule has 2 amide bonds. The molecule has 32 heavy (non-hydrogen) atoms. The van der Waals surface area contributed by atoms with Crippen molar-refractivity contribution in [2.45, 2.75) is 13.0 Å². The topological polar surface area (TPSA) is 139 Å². The molecule has 0 spiro atoms. The molecule has 2 atom stereocenters. The standard InChI is InChI=1S/C23H25N3O6/c1-5-14-12-17(15-6-8-16(9-7-15)19(28)13-27)10-11-18(14)20(29)23(2,21(30)24-3)22(31)26(32)25-4/h1,6-12,19,25,27-28,32H,13H2,2-4H3,(H,24,30)/t19-,23+/m1/s1. The molecule has 9 heteroatoms. The van der Waals surface area contributed by atoms with Crippen molar-refractivity contribution in [1.29, 1.82) is 0 Å². The van der Waals surface area contributed by atoms with Crippen molar-refractivity contribution < 1.29 is 29.8 Å². The van der Waals surface area contributed by atoms with E-state index in [0.29, 0.717) is 11.1 Å². The fraction of sp³-hybridized carbons (Fsp3) is 0.261. The molecule has 0 saturated heterocycles. The van der Waals surface area contributed by atoms with Crippen molar-refractivity contribution in [1.82, 2.24) is 15.9 Å². The molecule has 9 nitrogen and oxygen atoms in total. The van der Waals surface area contributed by atoms with Gasteiger partial charge >= 0.3 is 0 Å². The molecule has 0 aromatic heterocycles. The van der Waals surface area contributed by atoms with Crippen LogP contribution in [-0.4, -0.2) is 58.9 Å². The molecule has 0 saturated carbocycles. The van der Waals surface area contributed by atoms with Gasteiger partial charge in [-0.25, -0.2) is 5.43 Å². The number of ketones is 1. The van der Waals surface area contributed by atoms with E-state index in [4.69, 9.17) is 11.5 Å². The Kier molecular flexibility index (Phi) is 7.86. The Labute approximate surface area is 185 Å². The minimum Gasteiger partial charge on any atom is -0.393 e. The van der Waals surface area contributed by atoms with Crippen molar-refractivity contribution in [2.24, 2.45) is 5.41 Å².